The lowest BCUT2D eigenvalue weighted by atomic mass is 9.96. The molecule has 0 aliphatic rings. The number of ether oxygens (including phenoxy) is 1. The van der Waals surface area contributed by atoms with Crippen LogP contribution in [-0.2, 0) is 4.74 Å². The molecule has 2 unspecified atom stereocenters. The molecule has 0 spiro atoms. The summed E-state index contributed by atoms with van der Waals surface area (Å²) in [7, 11) is 0. The monoisotopic (exact) mass is 201 g/mol. The fraction of sp³-hybridized carbons (Fsp3) is 1.00. The fourth-order valence-electron chi connectivity index (χ4n) is 1.56. The van der Waals surface area contributed by atoms with E-state index in [0.717, 1.165) is 32.1 Å². The van der Waals surface area contributed by atoms with Crippen molar-refractivity contribution < 1.29 is 4.74 Å². The summed E-state index contributed by atoms with van der Waals surface area (Å²) in [5, 5.41) is 3.60. The molecule has 0 saturated heterocycles. The first-order valence-electron chi connectivity index (χ1n) is 6.07. The molecule has 0 heterocycles. The van der Waals surface area contributed by atoms with Crippen molar-refractivity contribution in [3.8, 4) is 0 Å². The van der Waals surface area contributed by atoms with Crippen molar-refractivity contribution in [2.45, 2.75) is 53.0 Å². The van der Waals surface area contributed by atoms with Gasteiger partial charge in [0.2, 0.25) is 0 Å². The van der Waals surface area contributed by atoms with E-state index in [1.54, 1.807) is 0 Å². The van der Waals surface area contributed by atoms with E-state index >= 15 is 0 Å². The van der Waals surface area contributed by atoms with E-state index in [0.29, 0.717) is 6.04 Å². The van der Waals surface area contributed by atoms with Gasteiger partial charge in [-0.1, -0.05) is 27.2 Å². The van der Waals surface area contributed by atoms with Crippen LogP contribution in [0.1, 0.15) is 47.0 Å². The van der Waals surface area contributed by atoms with Crippen LogP contribution in [0.15, 0.2) is 0 Å². The molecule has 0 aliphatic carbocycles. The lowest BCUT2D eigenvalue weighted by Gasteiger charge is -2.24. The van der Waals surface area contributed by atoms with Crippen LogP contribution in [0.5, 0.6) is 0 Å². The zero-order chi connectivity index (χ0) is 10.8. The summed E-state index contributed by atoms with van der Waals surface area (Å²) >= 11 is 0. The molecule has 86 valence electrons. The van der Waals surface area contributed by atoms with Crippen molar-refractivity contribution in [2.75, 3.05) is 19.8 Å². The van der Waals surface area contributed by atoms with E-state index in [-0.39, 0.29) is 0 Å². The van der Waals surface area contributed by atoms with Crippen molar-refractivity contribution in [3.63, 3.8) is 0 Å². The Morgan fingerprint density at radius 2 is 1.93 bits per heavy atom. The highest BCUT2D eigenvalue weighted by Crippen LogP contribution is 2.11. The molecule has 0 amide bonds. The normalized spacial score (nSPS) is 15.4. The van der Waals surface area contributed by atoms with E-state index < -0.39 is 0 Å². The summed E-state index contributed by atoms with van der Waals surface area (Å²) in [6.07, 6.45) is 3.60. The predicted molar refractivity (Wildman–Crippen MR) is 62.6 cm³/mol. The zero-order valence-electron chi connectivity index (χ0n) is 10.3. The highest BCUT2D eigenvalue weighted by molar-refractivity contribution is 4.72. The topological polar surface area (TPSA) is 21.3 Å². The van der Waals surface area contributed by atoms with E-state index in [1.807, 2.05) is 0 Å². The van der Waals surface area contributed by atoms with Gasteiger partial charge in [0.15, 0.2) is 0 Å². The van der Waals surface area contributed by atoms with Crippen LogP contribution in [-0.4, -0.2) is 25.8 Å². The van der Waals surface area contributed by atoms with E-state index in [9.17, 15) is 0 Å². The minimum Gasteiger partial charge on any atom is -0.382 e. The fourth-order valence-corrected chi connectivity index (χ4v) is 1.56. The van der Waals surface area contributed by atoms with Crippen LogP contribution < -0.4 is 5.32 Å². The average Bonchev–Trinajstić information content (AvgIpc) is 2.22. The Bertz CT molecular complexity index is 117. The van der Waals surface area contributed by atoms with Crippen LogP contribution >= 0.6 is 0 Å². The summed E-state index contributed by atoms with van der Waals surface area (Å²) in [5.74, 6) is 0.752. The molecular formula is C12H27NO. The summed E-state index contributed by atoms with van der Waals surface area (Å²) in [6, 6.07) is 0.631. The van der Waals surface area contributed by atoms with Gasteiger partial charge in [0.25, 0.3) is 0 Å². The lowest BCUT2D eigenvalue weighted by molar-refractivity contribution is 0.129. The first-order valence-corrected chi connectivity index (χ1v) is 6.07. The van der Waals surface area contributed by atoms with Crippen molar-refractivity contribution in [1.29, 1.82) is 0 Å². The van der Waals surface area contributed by atoms with Crippen LogP contribution in [0.4, 0.5) is 0 Å². The molecule has 2 atom stereocenters. The second-order valence-corrected chi connectivity index (χ2v) is 3.93. The van der Waals surface area contributed by atoms with Gasteiger partial charge in [-0.25, -0.2) is 0 Å². The van der Waals surface area contributed by atoms with Gasteiger partial charge in [0.05, 0.1) is 0 Å². The third-order valence-electron chi connectivity index (χ3n) is 2.76. The maximum absolute atomic E-state index is 5.40. The second-order valence-electron chi connectivity index (χ2n) is 3.93. The molecule has 0 radical (unpaired) electrons. The van der Waals surface area contributed by atoms with Gasteiger partial charge in [-0.3, -0.25) is 0 Å². The largest absolute Gasteiger partial charge is 0.382 e. The van der Waals surface area contributed by atoms with Gasteiger partial charge < -0.3 is 10.1 Å². The number of hydrogen-bond donors (Lipinski definition) is 1. The Morgan fingerprint density at radius 1 is 1.21 bits per heavy atom. The van der Waals surface area contributed by atoms with Gasteiger partial charge in [-0.15, -0.1) is 0 Å². The molecule has 2 nitrogen and oxygen atoms in total. The summed E-state index contributed by atoms with van der Waals surface area (Å²) in [6.45, 7) is 11.7. The Labute approximate surface area is 89.4 Å². The van der Waals surface area contributed by atoms with Gasteiger partial charge >= 0.3 is 0 Å². The van der Waals surface area contributed by atoms with E-state index in [2.05, 4.69) is 33.0 Å². The van der Waals surface area contributed by atoms with Gasteiger partial charge in [-0.05, 0) is 32.2 Å². The number of nitrogens with one attached hydrogen (secondary N) is 1. The highest BCUT2D eigenvalue weighted by Gasteiger charge is 2.13. The third-order valence-corrected chi connectivity index (χ3v) is 2.76. The minimum absolute atomic E-state index is 0.631. The average molecular weight is 201 g/mol. The molecule has 2 heteroatoms. The van der Waals surface area contributed by atoms with Gasteiger partial charge in [-0.2, -0.15) is 0 Å². The molecule has 14 heavy (non-hydrogen) atoms. The molecule has 0 aromatic carbocycles. The Balaban J connectivity index is 3.72. The molecule has 0 rings (SSSR count). The SMILES string of the molecule is CCCNC(CCOCC)C(C)CC. The maximum atomic E-state index is 5.40. The minimum atomic E-state index is 0.631. The van der Waals surface area contributed by atoms with Crippen molar-refractivity contribution >= 4 is 0 Å². The maximum Gasteiger partial charge on any atom is 0.0480 e. The highest BCUT2D eigenvalue weighted by atomic mass is 16.5. The van der Waals surface area contributed by atoms with Crippen LogP contribution in [0.2, 0.25) is 0 Å². The van der Waals surface area contributed by atoms with Gasteiger partial charge in [0.1, 0.15) is 0 Å². The van der Waals surface area contributed by atoms with Crippen LogP contribution in [0.25, 0.3) is 0 Å². The van der Waals surface area contributed by atoms with Crippen molar-refractivity contribution in [1.82, 2.24) is 5.32 Å². The summed E-state index contributed by atoms with van der Waals surface area (Å²) in [5.41, 5.74) is 0. The smallest absolute Gasteiger partial charge is 0.0480 e. The standard InChI is InChI=1S/C12H27NO/c1-5-9-13-12(11(4)6-2)8-10-14-7-3/h11-13H,5-10H2,1-4H3. The first-order chi connectivity index (χ1) is 6.76. The van der Waals surface area contributed by atoms with Crippen molar-refractivity contribution in [2.24, 2.45) is 5.92 Å². The van der Waals surface area contributed by atoms with Gasteiger partial charge in [0, 0.05) is 19.3 Å². The Hall–Kier alpha value is -0.0800. The molecule has 0 fully saturated rings. The quantitative estimate of drug-likeness (QED) is 0.579. The first kappa shape index (κ1) is 13.9. The summed E-state index contributed by atoms with van der Waals surface area (Å²) in [4.78, 5) is 0. The van der Waals surface area contributed by atoms with E-state index in [4.69, 9.17) is 4.74 Å². The summed E-state index contributed by atoms with van der Waals surface area (Å²) < 4.78 is 5.40. The van der Waals surface area contributed by atoms with Crippen LogP contribution in [0, 0.1) is 5.92 Å². The van der Waals surface area contributed by atoms with Crippen molar-refractivity contribution in [3.05, 3.63) is 0 Å². The second kappa shape index (κ2) is 9.47. The third kappa shape index (κ3) is 6.39. The Morgan fingerprint density at radius 3 is 2.43 bits per heavy atom. The molecule has 0 bridgehead atoms. The van der Waals surface area contributed by atoms with Crippen LogP contribution in [0.3, 0.4) is 0 Å². The molecule has 0 aromatic heterocycles. The number of hydrogen-bond acceptors (Lipinski definition) is 2. The van der Waals surface area contributed by atoms with E-state index in [1.165, 1.54) is 12.8 Å². The molecular weight excluding hydrogens is 174 g/mol. The number of rotatable bonds is 9. The predicted octanol–water partition coefficient (Wildman–Crippen LogP) is 2.83. The lowest BCUT2D eigenvalue weighted by Crippen LogP contribution is -2.36. The molecule has 0 aliphatic heterocycles. The molecule has 0 aromatic rings. The molecule has 1 N–H and O–H groups in total. The Kier molecular flexibility index (Phi) is 9.42. The molecule has 0 saturated carbocycles. The zero-order valence-corrected chi connectivity index (χ0v) is 10.3.